The highest BCUT2D eigenvalue weighted by molar-refractivity contribution is 9.10. The number of hydrogen-bond acceptors (Lipinski definition) is 5. The second-order valence-corrected chi connectivity index (χ2v) is 4.34. The number of anilines is 1. The molecule has 0 fully saturated rings. The van der Waals surface area contributed by atoms with Gasteiger partial charge in [0.1, 0.15) is 11.9 Å². The first-order valence-corrected chi connectivity index (χ1v) is 6.08. The Morgan fingerprint density at radius 2 is 2.18 bits per heavy atom. The number of halogens is 1. The van der Waals surface area contributed by atoms with Crippen molar-refractivity contribution in [3.63, 3.8) is 0 Å². The van der Waals surface area contributed by atoms with Gasteiger partial charge in [-0.15, -0.1) is 0 Å². The Balaban J connectivity index is 2.60. The van der Waals surface area contributed by atoms with E-state index >= 15 is 0 Å². The number of pyridine rings is 1. The minimum atomic E-state index is -0.464. The first kappa shape index (κ1) is 13.9. The number of nitrogens with zero attached hydrogens (tertiary/aromatic N) is 2. The molecule has 0 aliphatic carbocycles. The van der Waals surface area contributed by atoms with E-state index in [1.807, 2.05) is 0 Å². The Hall–Kier alpha value is -1.21. The normalized spacial score (nSPS) is 10.2. The molecule has 0 atom stereocenters. The minimum absolute atomic E-state index is 0.0402. The average molecular weight is 304 g/mol. The molecule has 2 N–H and O–H groups in total. The van der Waals surface area contributed by atoms with Crippen LogP contribution in [0.4, 0.5) is 11.4 Å². The lowest BCUT2D eigenvalue weighted by molar-refractivity contribution is -0.384. The monoisotopic (exact) mass is 303 g/mol. The zero-order valence-electron chi connectivity index (χ0n) is 9.23. The third-order valence-corrected chi connectivity index (χ3v) is 2.81. The zero-order valence-corrected chi connectivity index (χ0v) is 10.8. The maximum atomic E-state index is 10.8. The minimum Gasteiger partial charge on any atom is -0.396 e. The second kappa shape index (κ2) is 7.18. The number of hydrogen-bond donors (Lipinski definition) is 2. The van der Waals surface area contributed by atoms with Gasteiger partial charge in [0, 0.05) is 19.3 Å². The van der Waals surface area contributed by atoms with Crippen molar-refractivity contribution in [2.45, 2.75) is 19.3 Å². The third-order valence-electron chi connectivity index (χ3n) is 2.21. The van der Waals surface area contributed by atoms with Crippen molar-refractivity contribution < 1.29 is 10.0 Å². The van der Waals surface area contributed by atoms with Crippen LogP contribution in [-0.2, 0) is 0 Å². The first-order valence-electron chi connectivity index (χ1n) is 5.29. The molecule has 0 radical (unpaired) electrons. The van der Waals surface area contributed by atoms with Crippen molar-refractivity contribution >= 4 is 27.3 Å². The topological polar surface area (TPSA) is 88.3 Å². The summed E-state index contributed by atoms with van der Waals surface area (Å²) >= 11 is 3.23. The van der Waals surface area contributed by atoms with Gasteiger partial charge in [-0.25, -0.2) is 0 Å². The molecule has 1 aromatic rings. The van der Waals surface area contributed by atoms with Crippen LogP contribution in [0.25, 0.3) is 0 Å². The van der Waals surface area contributed by atoms with Crippen LogP contribution in [0.15, 0.2) is 16.9 Å². The summed E-state index contributed by atoms with van der Waals surface area (Å²) in [7, 11) is 0. The van der Waals surface area contributed by atoms with Crippen molar-refractivity contribution in [2.24, 2.45) is 0 Å². The van der Waals surface area contributed by atoms with Crippen LogP contribution in [0.1, 0.15) is 19.3 Å². The smallest absolute Gasteiger partial charge is 0.311 e. The van der Waals surface area contributed by atoms with E-state index in [9.17, 15) is 10.1 Å². The molecule has 0 aliphatic heterocycles. The fourth-order valence-corrected chi connectivity index (χ4v) is 1.83. The van der Waals surface area contributed by atoms with E-state index in [2.05, 4.69) is 26.2 Å². The molecule has 0 unspecified atom stereocenters. The van der Waals surface area contributed by atoms with Gasteiger partial charge in [-0.05, 0) is 35.2 Å². The van der Waals surface area contributed by atoms with Crippen LogP contribution in [0, 0.1) is 10.1 Å². The Bertz CT molecular complexity index is 387. The Kier molecular flexibility index (Phi) is 5.85. The molecule has 0 aliphatic rings. The van der Waals surface area contributed by atoms with E-state index in [-0.39, 0.29) is 12.3 Å². The molecule has 94 valence electrons. The van der Waals surface area contributed by atoms with Gasteiger partial charge in [0.2, 0.25) is 0 Å². The van der Waals surface area contributed by atoms with Crippen LogP contribution < -0.4 is 5.32 Å². The van der Waals surface area contributed by atoms with Crippen molar-refractivity contribution in [3.05, 3.63) is 27.0 Å². The van der Waals surface area contributed by atoms with Gasteiger partial charge >= 0.3 is 5.69 Å². The van der Waals surface area contributed by atoms with Crippen molar-refractivity contribution in [3.8, 4) is 0 Å². The molecule has 6 nitrogen and oxygen atoms in total. The van der Waals surface area contributed by atoms with Gasteiger partial charge in [-0.2, -0.15) is 0 Å². The molecule has 0 aromatic carbocycles. The van der Waals surface area contributed by atoms with Crippen LogP contribution >= 0.6 is 15.9 Å². The van der Waals surface area contributed by atoms with Crippen LogP contribution in [0.5, 0.6) is 0 Å². The number of unbranched alkanes of at least 4 members (excludes halogenated alkanes) is 2. The lowest BCUT2D eigenvalue weighted by Gasteiger charge is -2.08. The molecule has 0 saturated carbocycles. The summed E-state index contributed by atoms with van der Waals surface area (Å²) in [5.41, 5.74) is 0.413. The molecule has 17 heavy (non-hydrogen) atoms. The van der Waals surface area contributed by atoms with Crippen LogP contribution in [0.3, 0.4) is 0 Å². The van der Waals surface area contributed by atoms with E-state index < -0.39 is 4.92 Å². The molecule has 0 amide bonds. The summed E-state index contributed by atoms with van der Waals surface area (Å²) in [6, 6.07) is 0. The second-order valence-electron chi connectivity index (χ2n) is 3.48. The van der Waals surface area contributed by atoms with E-state index in [0.717, 1.165) is 19.3 Å². The van der Waals surface area contributed by atoms with Gasteiger partial charge in [-0.3, -0.25) is 15.1 Å². The zero-order chi connectivity index (χ0) is 12.7. The number of aliphatic hydroxyl groups excluding tert-OH is 1. The quantitative estimate of drug-likeness (QED) is 0.458. The van der Waals surface area contributed by atoms with Gasteiger partial charge in [0.05, 0.1) is 9.40 Å². The molecule has 1 rings (SSSR count). The molecule has 0 spiro atoms. The summed E-state index contributed by atoms with van der Waals surface area (Å²) in [4.78, 5) is 14.1. The fraction of sp³-hybridized carbons (Fsp3) is 0.500. The molecule has 7 heteroatoms. The highest BCUT2D eigenvalue weighted by Crippen LogP contribution is 2.30. The summed E-state index contributed by atoms with van der Waals surface area (Å²) < 4.78 is 0.578. The maximum Gasteiger partial charge on any atom is 0.311 e. The van der Waals surface area contributed by atoms with Gasteiger partial charge in [0.25, 0.3) is 0 Å². The average Bonchev–Trinajstić information content (AvgIpc) is 2.30. The van der Waals surface area contributed by atoms with E-state index in [1.54, 1.807) is 0 Å². The number of nitrogens with one attached hydrogen (secondary N) is 1. The van der Waals surface area contributed by atoms with E-state index in [4.69, 9.17) is 5.11 Å². The Morgan fingerprint density at radius 1 is 1.41 bits per heavy atom. The summed E-state index contributed by atoms with van der Waals surface area (Å²) in [5.74, 6) is 0. The number of aliphatic hydroxyl groups is 1. The molecule has 1 heterocycles. The van der Waals surface area contributed by atoms with E-state index in [1.165, 1.54) is 12.4 Å². The van der Waals surface area contributed by atoms with Crippen LogP contribution in [0.2, 0.25) is 0 Å². The first-order chi connectivity index (χ1) is 8.16. The highest BCUT2D eigenvalue weighted by Gasteiger charge is 2.16. The molecular weight excluding hydrogens is 290 g/mol. The predicted octanol–water partition coefficient (Wildman–Crippen LogP) is 2.33. The van der Waals surface area contributed by atoms with E-state index in [0.29, 0.717) is 16.7 Å². The number of rotatable bonds is 7. The van der Waals surface area contributed by atoms with Crippen molar-refractivity contribution in [2.75, 3.05) is 18.5 Å². The molecule has 0 bridgehead atoms. The standard InChI is InChI=1S/C10H14BrN3O3/c11-8-6-12-7-9(14(16)17)10(8)13-4-2-1-3-5-15/h6-7,15H,1-5H2,(H,12,13). The number of aromatic nitrogens is 1. The predicted molar refractivity (Wildman–Crippen MR) is 68.0 cm³/mol. The lowest BCUT2D eigenvalue weighted by atomic mass is 10.2. The summed E-state index contributed by atoms with van der Waals surface area (Å²) in [6.07, 6.45) is 5.23. The largest absolute Gasteiger partial charge is 0.396 e. The SMILES string of the molecule is O=[N+]([O-])c1cncc(Br)c1NCCCCCO. The Labute approximate surface area is 107 Å². The van der Waals surface area contributed by atoms with Crippen molar-refractivity contribution in [1.82, 2.24) is 4.98 Å². The van der Waals surface area contributed by atoms with Gasteiger partial charge in [-0.1, -0.05) is 0 Å². The van der Waals surface area contributed by atoms with Gasteiger partial charge in [0.15, 0.2) is 0 Å². The third kappa shape index (κ3) is 4.27. The summed E-state index contributed by atoms with van der Waals surface area (Å²) in [5, 5.41) is 22.4. The summed E-state index contributed by atoms with van der Waals surface area (Å²) in [6.45, 7) is 0.808. The molecule has 1 aromatic heterocycles. The molecule has 0 saturated heterocycles. The van der Waals surface area contributed by atoms with Crippen molar-refractivity contribution in [1.29, 1.82) is 0 Å². The lowest BCUT2D eigenvalue weighted by Crippen LogP contribution is -2.05. The Morgan fingerprint density at radius 3 is 2.82 bits per heavy atom. The fourth-order valence-electron chi connectivity index (χ4n) is 1.37. The van der Waals surface area contributed by atoms with Crippen LogP contribution in [-0.4, -0.2) is 28.2 Å². The number of nitro groups is 1. The molecular formula is C10H14BrN3O3. The highest BCUT2D eigenvalue weighted by atomic mass is 79.9. The maximum absolute atomic E-state index is 10.8. The van der Waals surface area contributed by atoms with Gasteiger partial charge < -0.3 is 10.4 Å².